The molecule has 1 amide bonds. The second-order valence-electron chi connectivity index (χ2n) is 7.91. The third kappa shape index (κ3) is 2.72. The summed E-state index contributed by atoms with van der Waals surface area (Å²) in [7, 11) is 0. The van der Waals surface area contributed by atoms with E-state index in [4.69, 9.17) is 0 Å². The van der Waals surface area contributed by atoms with Gasteiger partial charge in [0.05, 0.1) is 12.1 Å². The van der Waals surface area contributed by atoms with E-state index in [9.17, 15) is 9.90 Å². The van der Waals surface area contributed by atoms with Crippen molar-refractivity contribution < 1.29 is 9.90 Å². The van der Waals surface area contributed by atoms with Gasteiger partial charge in [0.25, 0.3) is 0 Å². The average Bonchev–Trinajstić information content (AvgIpc) is 3.08. The molecule has 0 aromatic heterocycles. The lowest BCUT2D eigenvalue weighted by molar-refractivity contribution is -0.134. The smallest absolute Gasteiger partial charge is 0.219 e. The maximum absolute atomic E-state index is 11.9. The molecule has 3 aliphatic rings. The number of likely N-dealkylation sites (tertiary alicyclic amines) is 2. The molecule has 1 N–H and O–H groups in total. The van der Waals surface area contributed by atoms with Gasteiger partial charge in [0, 0.05) is 19.5 Å². The predicted molar refractivity (Wildman–Crippen MR) is 83.0 cm³/mol. The summed E-state index contributed by atoms with van der Waals surface area (Å²) in [5.41, 5.74) is -0.0976. The van der Waals surface area contributed by atoms with Crippen molar-refractivity contribution in [1.29, 1.82) is 0 Å². The number of aliphatic hydroxyl groups excluding tert-OH is 1. The normalized spacial score (nSPS) is 34.0. The van der Waals surface area contributed by atoms with Crippen molar-refractivity contribution in [3.63, 3.8) is 0 Å². The van der Waals surface area contributed by atoms with E-state index in [1.807, 2.05) is 11.8 Å². The SMILES string of the molecule is CC(=O)N1CC2(CCN(C3CCCC3)CC2)C[C@]1(C)CO. The molecule has 0 bridgehead atoms. The van der Waals surface area contributed by atoms with E-state index in [2.05, 4.69) is 4.90 Å². The van der Waals surface area contributed by atoms with Gasteiger partial charge in [-0.15, -0.1) is 0 Å². The molecule has 3 rings (SSSR count). The Balaban J connectivity index is 1.66. The third-order valence-electron chi connectivity index (χ3n) is 6.32. The first-order valence-corrected chi connectivity index (χ1v) is 8.61. The Labute approximate surface area is 128 Å². The van der Waals surface area contributed by atoms with Crippen LogP contribution in [0.1, 0.15) is 58.8 Å². The van der Waals surface area contributed by atoms with Crippen LogP contribution < -0.4 is 0 Å². The average molecular weight is 294 g/mol. The van der Waals surface area contributed by atoms with E-state index in [1.54, 1.807) is 6.92 Å². The highest BCUT2D eigenvalue weighted by Crippen LogP contribution is 2.48. The lowest BCUT2D eigenvalue weighted by atomic mass is 9.74. The van der Waals surface area contributed by atoms with Gasteiger partial charge >= 0.3 is 0 Å². The molecular formula is C17H30N2O2. The molecule has 2 saturated heterocycles. The van der Waals surface area contributed by atoms with Crippen molar-refractivity contribution in [3.8, 4) is 0 Å². The molecule has 0 aromatic carbocycles. The predicted octanol–water partition coefficient (Wildman–Crippen LogP) is 2.01. The Morgan fingerprint density at radius 1 is 1.24 bits per heavy atom. The molecule has 1 spiro atoms. The Hall–Kier alpha value is -0.610. The molecule has 3 fully saturated rings. The van der Waals surface area contributed by atoms with Gasteiger partial charge in [-0.25, -0.2) is 0 Å². The number of carbonyl (C=O) groups is 1. The van der Waals surface area contributed by atoms with E-state index in [0.717, 1.165) is 19.0 Å². The fourth-order valence-electron chi connectivity index (χ4n) is 5.09. The number of aliphatic hydroxyl groups is 1. The second kappa shape index (κ2) is 5.54. The molecule has 0 aromatic rings. The summed E-state index contributed by atoms with van der Waals surface area (Å²) >= 11 is 0. The first-order chi connectivity index (χ1) is 9.98. The van der Waals surface area contributed by atoms with Crippen LogP contribution in [0, 0.1) is 5.41 Å². The molecule has 4 nitrogen and oxygen atoms in total. The molecule has 1 atom stereocenters. The van der Waals surface area contributed by atoms with Crippen molar-refractivity contribution >= 4 is 5.91 Å². The van der Waals surface area contributed by atoms with Gasteiger partial charge in [0.15, 0.2) is 0 Å². The first-order valence-electron chi connectivity index (χ1n) is 8.61. The Morgan fingerprint density at radius 2 is 1.86 bits per heavy atom. The van der Waals surface area contributed by atoms with Gasteiger partial charge in [-0.05, 0) is 57.5 Å². The van der Waals surface area contributed by atoms with Gasteiger partial charge in [0.2, 0.25) is 5.91 Å². The zero-order valence-corrected chi connectivity index (χ0v) is 13.6. The van der Waals surface area contributed by atoms with Crippen molar-refractivity contribution in [3.05, 3.63) is 0 Å². The fraction of sp³-hybridized carbons (Fsp3) is 0.941. The van der Waals surface area contributed by atoms with Crippen LogP contribution in [0.2, 0.25) is 0 Å². The topological polar surface area (TPSA) is 43.8 Å². The summed E-state index contributed by atoms with van der Waals surface area (Å²) in [4.78, 5) is 16.5. The standard InChI is InChI=1S/C17H30N2O2/c1-14(21)19-12-17(11-16(19,2)13-20)7-9-18(10-8-17)15-5-3-4-6-15/h15,20H,3-13H2,1-2H3/t16-/m1/s1. The molecule has 4 heteroatoms. The van der Waals surface area contributed by atoms with Crippen molar-refractivity contribution in [1.82, 2.24) is 9.80 Å². The zero-order chi connectivity index (χ0) is 15.1. The highest BCUT2D eigenvalue weighted by atomic mass is 16.3. The molecule has 2 heterocycles. The lowest BCUT2D eigenvalue weighted by Gasteiger charge is -2.42. The van der Waals surface area contributed by atoms with Crippen LogP contribution in [0.25, 0.3) is 0 Å². The number of hydrogen-bond donors (Lipinski definition) is 1. The van der Waals surface area contributed by atoms with Gasteiger partial charge in [-0.2, -0.15) is 0 Å². The van der Waals surface area contributed by atoms with E-state index in [0.29, 0.717) is 0 Å². The van der Waals surface area contributed by atoms with Crippen LogP contribution in [0.5, 0.6) is 0 Å². The van der Waals surface area contributed by atoms with E-state index < -0.39 is 0 Å². The van der Waals surface area contributed by atoms with Gasteiger partial charge in [-0.3, -0.25) is 4.79 Å². The summed E-state index contributed by atoms with van der Waals surface area (Å²) in [6, 6.07) is 0.817. The van der Waals surface area contributed by atoms with Crippen LogP contribution in [-0.4, -0.2) is 58.6 Å². The second-order valence-corrected chi connectivity index (χ2v) is 7.91. The monoisotopic (exact) mass is 294 g/mol. The molecular weight excluding hydrogens is 264 g/mol. The quantitative estimate of drug-likeness (QED) is 0.847. The third-order valence-corrected chi connectivity index (χ3v) is 6.32. The number of carbonyl (C=O) groups excluding carboxylic acids is 1. The van der Waals surface area contributed by atoms with E-state index in [-0.39, 0.29) is 23.5 Å². The number of amides is 1. The Bertz CT molecular complexity index is 398. The largest absolute Gasteiger partial charge is 0.394 e. The maximum atomic E-state index is 11.9. The van der Waals surface area contributed by atoms with Gasteiger partial charge in [0.1, 0.15) is 0 Å². The minimum atomic E-state index is -0.346. The highest BCUT2D eigenvalue weighted by Gasteiger charge is 2.52. The highest BCUT2D eigenvalue weighted by molar-refractivity contribution is 5.74. The molecule has 1 aliphatic carbocycles. The van der Waals surface area contributed by atoms with E-state index >= 15 is 0 Å². The van der Waals surface area contributed by atoms with Crippen molar-refractivity contribution in [2.75, 3.05) is 26.2 Å². The molecule has 1 saturated carbocycles. The van der Waals surface area contributed by atoms with Crippen LogP contribution in [-0.2, 0) is 4.79 Å². The minimum Gasteiger partial charge on any atom is -0.394 e. The summed E-state index contributed by atoms with van der Waals surface area (Å²) < 4.78 is 0. The molecule has 0 unspecified atom stereocenters. The van der Waals surface area contributed by atoms with Crippen LogP contribution >= 0.6 is 0 Å². The zero-order valence-electron chi connectivity index (χ0n) is 13.6. The van der Waals surface area contributed by atoms with Gasteiger partial charge in [-0.1, -0.05) is 12.8 Å². The Kier molecular flexibility index (Phi) is 4.04. The number of hydrogen-bond acceptors (Lipinski definition) is 3. The first kappa shape index (κ1) is 15.3. The van der Waals surface area contributed by atoms with Gasteiger partial charge < -0.3 is 14.9 Å². The summed E-state index contributed by atoms with van der Waals surface area (Å²) in [6.07, 6.45) is 8.88. The summed E-state index contributed by atoms with van der Waals surface area (Å²) in [5.74, 6) is 0.113. The summed E-state index contributed by atoms with van der Waals surface area (Å²) in [5, 5.41) is 9.78. The van der Waals surface area contributed by atoms with E-state index in [1.165, 1.54) is 51.6 Å². The lowest BCUT2D eigenvalue weighted by Crippen LogP contribution is -2.46. The molecule has 2 aliphatic heterocycles. The molecule has 0 radical (unpaired) electrons. The van der Waals surface area contributed by atoms with Crippen molar-refractivity contribution in [2.45, 2.75) is 70.4 Å². The molecule has 21 heavy (non-hydrogen) atoms. The van der Waals surface area contributed by atoms with Crippen LogP contribution in [0.15, 0.2) is 0 Å². The fourth-order valence-corrected chi connectivity index (χ4v) is 5.09. The Morgan fingerprint density at radius 3 is 2.33 bits per heavy atom. The number of nitrogens with zero attached hydrogens (tertiary/aromatic N) is 2. The van der Waals surface area contributed by atoms with Crippen LogP contribution in [0.4, 0.5) is 0 Å². The van der Waals surface area contributed by atoms with Crippen molar-refractivity contribution in [2.24, 2.45) is 5.41 Å². The van der Waals surface area contributed by atoms with Crippen LogP contribution in [0.3, 0.4) is 0 Å². The minimum absolute atomic E-state index is 0.0840. The molecule has 120 valence electrons. The number of rotatable bonds is 2. The maximum Gasteiger partial charge on any atom is 0.219 e. The summed E-state index contributed by atoms with van der Waals surface area (Å²) in [6.45, 7) is 6.97. The number of piperidine rings is 1.